The maximum absolute atomic E-state index is 11.8. The van der Waals surface area contributed by atoms with Crippen LogP contribution in [0.15, 0.2) is 19.0 Å². The van der Waals surface area contributed by atoms with Crippen LogP contribution in [0.5, 0.6) is 0 Å². The van der Waals surface area contributed by atoms with E-state index in [4.69, 9.17) is 0 Å². The average molecular weight is 345 g/mol. The Morgan fingerprint density at radius 3 is 2.79 bits per heavy atom. The maximum atomic E-state index is 11.8. The molecule has 1 N–H and O–H groups in total. The van der Waals surface area contributed by atoms with E-state index >= 15 is 0 Å². The van der Waals surface area contributed by atoms with Crippen LogP contribution >= 0.6 is 11.3 Å². The van der Waals surface area contributed by atoms with Gasteiger partial charge in [-0.25, -0.2) is 9.97 Å². The van der Waals surface area contributed by atoms with Gasteiger partial charge in [0, 0.05) is 37.6 Å². The quantitative estimate of drug-likeness (QED) is 0.837. The van der Waals surface area contributed by atoms with Gasteiger partial charge in [0.05, 0.1) is 11.9 Å². The molecule has 0 aromatic carbocycles. The number of hydrogen-bond acceptors (Lipinski definition) is 6. The Labute approximate surface area is 146 Å². The molecule has 3 heterocycles. The third-order valence-corrected chi connectivity index (χ3v) is 5.54. The fourth-order valence-electron chi connectivity index (χ4n) is 2.97. The Balaban J connectivity index is 1.67. The summed E-state index contributed by atoms with van der Waals surface area (Å²) in [5, 5.41) is 4.00. The van der Waals surface area contributed by atoms with Gasteiger partial charge < -0.3 is 10.2 Å². The Morgan fingerprint density at radius 1 is 1.33 bits per heavy atom. The number of anilines is 1. The molecule has 2 aromatic heterocycles. The second-order valence-corrected chi connectivity index (χ2v) is 7.22. The van der Waals surface area contributed by atoms with Crippen molar-refractivity contribution in [2.24, 2.45) is 0 Å². The van der Waals surface area contributed by atoms with Crippen molar-refractivity contribution in [1.29, 1.82) is 0 Å². The van der Waals surface area contributed by atoms with Crippen LogP contribution in [0.2, 0.25) is 0 Å². The highest BCUT2D eigenvalue weighted by molar-refractivity contribution is 7.18. The van der Waals surface area contributed by atoms with Crippen molar-refractivity contribution in [2.75, 3.05) is 44.2 Å². The van der Waals surface area contributed by atoms with E-state index in [1.54, 1.807) is 23.7 Å². The fourth-order valence-corrected chi connectivity index (χ4v) is 3.96. The number of nitrogens with one attached hydrogen (secondary N) is 1. The highest BCUT2D eigenvalue weighted by Crippen LogP contribution is 2.34. The second-order valence-electron chi connectivity index (χ2n) is 6.02. The highest BCUT2D eigenvalue weighted by Gasteiger charge is 2.22. The molecule has 128 valence electrons. The molecular formula is C17H23N5OS. The number of amides is 1. The molecule has 3 rings (SSSR count). The van der Waals surface area contributed by atoms with Crippen LogP contribution in [-0.4, -0.2) is 60.0 Å². The number of nitrogens with zero attached hydrogens (tertiary/aromatic N) is 4. The lowest BCUT2D eigenvalue weighted by Crippen LogP contribution is -2.49. The number of carbonyl (C=O) groups excluding carboxylic acids is 1. The number of carbonyl (C=O) groups is 1. The van der Waals surface area contributed by atoms with Gasteiger partial charge in [0.1, 0.15) is 17.0 Å². The summed E-state index contributed by atoms with van der Waals surface area (Å²) < 4.78 is 0. The molecule has 0 aliphatic carbocycles. The highest BCUT2D eigenvalue weighted by atomic mass is 32.1. The summed E-state index contributed by atoms with van der Waals surface area (Å²) in [6.07, 6.45) is 3.35. The zero-order valence-corrected chi connectivity index (χ0v) is 15.0. The van der Waals surface area contributed by atoms with E-state index in [1.165, 1.54) is 15.8 Å². The summed E-state index contributed by atoms with van der Waals surface area (Å²) in [5.74, 6) is 1.08. The molecule has 1 saturated heterocycles. The lowest BCUT2D eigenvalue weighted by atomic mass is 10.2. The summed E-state index contributed by atoms with van der Waals surface area (Å²) in [4.78, 5) is 27.6. The van der Waals surface area contributed by atoms with Gasteiger partial charge in [-0.1, -0.05) is 6.08 Å². The van der Waals surface area contributed by atoms with Crippen LogP contribution < -0.4 is 10.2 Å². The van der Waals surface area contributed by atoms with Gasteiger partial charge in [-0.15, -0.1) is 17.9 Å². The number of hydrogen-bond donors (Lipinski definition) is 1. The molecule has 0 saturated carbocycles. The van der Waals surface area contributed by atoms with E-state index in [1.807, 2.05) is 0 Å². The summed E-state index contributed by atoms with van der Waals surface area (Å²) in [7, 11) is 0. The number of rotatable bonds is 5. The number of fused-ring (bicyclic) bond motifs is 1. The summed E-state index contributed by atoms with van der Waals surface area (Å²) >= 11 is 1.72. The largest absolute Gasteiger partial charge is 0.353 e. The molecular weight excluding hydrogens is 322 g/mol. The van der Waals surface area contributed by atoms with Crippen molar-refractivity contribution < 1.29 is 4.79 Å². The second kappa shape index (κ2) is 7.27. The van der Waals surface area contributed by atoms with Crippen molar-refractivity contribution in [2.45, 2.75) is 13.8 Å². The summed E-state index contributed by atoms with van der Waals surface area (Å²) in [5.41, 5.74) is 1.27. The molecule has 1 aliphatic heterocycles. The van der Waals surface area contributed by atoms with Crippen molar-refractivity contribution in [1.82, 2.24) is 20.2 Å². The Bertz CT molecular complexity index is 749. The molecule has 24 heavy (non-hydrogen) atoms. The van der Waals surface area contributed by atoms with Crippen LogP contribution in [-0.2, 0) is 4.79 Å². The zero-order valence-electron chi connectivity index (χ0n) is 14.2. The topological polar surface area (TPSA) is 61.4 Å². The molecule has 2 aromatic rings. The monoisotopic (exact) mass is 345 g/mol. The van der Waals surface area contributed by atoms with Crippen molar-refractivity contribution in [3.63, 3.8) is 0 Å². The standard InChI is InChI=1S/C17H23N5OS/c1-4-5-18-14(23)10-21-6-8-22(9-7-21)16-15-12(2)13(3)24-17(15)20-11-19-16/h4,11H,1,5-10H2,2-3H3,(H,18,23). The number of aromatic nitrogens is 2. The lowest BCUT2D eigenvalue weighted by molar-refractivity contribution is -0.122. The van der Waals surface area contributed by atoms with Crippen molar-refractivity contribution in [3.05, 3.63) is 29.4 Å². The molecule has 6 nitrogen and oxygen atoms in total. The van der Waals surface area contributed by atoms with Crippen LogP contribution in [0, 0.1) is 13.8 Å². The van der Waals surface area contributed by atoms with E-state index in [-0.39, 0.29) is 5.91 Å². The molecule has 0 bridgehead atoms. The summed E-state index contributed by atoms with van der Waals surface area (Å²) in [6, 6.07) is 0. The molecule has 0 atom stereocenters. The van der Waals surface area contributed by atoms with Gasteiger partial charge in [-0.05, 0) is 19.4 Å². The first-order chi connectivity index (χ1) is 11.6. The molecule has 0 spiro atoms. The predicted octanol–water partition coefficient (Wildman–Crippen LogP) is 1.73. The van der Waals surface area contributed by atoms with Gasteiger partial charge in [0.25, 0.3) is 0 Å². The van der Waals surface area contributed by atoms with E-state index in [0.29, 0.717) is 13.1 Å². The number of thiophene rings is 1. The van der Waals surface area contributed by atoms with Gasteiger partial charge >= 0.3 is 0 Å². The first-order valence-corrected chi connectivity index (χ1v) is 8.97. The molecule has 1 fully saturated rings. The van der Waals surface area contributed by atoms with E-state index in [0.717, 1.165) is 36.8 Å². The van der Waals surface area contributed by atoms with Crippen molar-refractivity contribution in [3.8, 4) is 0 Å². The average Bonchev–Trinajstić information content (AvgIpc) is 2.88. The number of piperazine rings is 1. The Hall–Kier alpha value is -1.99. The Morgan fingerprint density at radius 2 is 2.08 bits per heavy atom. The zero-order chi connectivity index (χ0) is 17.1. The smallest absolute Gasteiger partial charge is 0.234 e. The van der Waals surface area contributed by atoms with Crippen LogP contribution in [0.3, 0.4) is 0 Å². The minimum Gasteiger partial charge on any atom is -0.353 e. The fraction of sp³-hybridized carbons (Fsp3) is 0.471. The Kier molecular flexibility index (Phi) is 5.11. The van der Waals surface area contributed by atoms with E-state index < -0.39 is 0 Å². The van der Waals surface area contributed by atoms with Crippen LogP contribution in [0.4, 0.5) is 5.82 Å². The third kappa shape index (κ3) is 3.42. The first kappa shape index (κ1) is 16.9. The molecule has 1 aliphatic rings. The maximum Gasteiger partial charge on any atom is 0.234 e. The van der Waals surface area contributed by atoms with Gasteiger partial charge in [0.2, 0.25) is 5.91 Å². The summed E-state index contributed by atoms with van der Waals surface area (Å²) in [6.45, 7) is 12.3. The van der Waals surface area contributed by atoms with Crippen molar-refractivity contribution >= 4 is 33.3 Å². The molecule has 1 amide bonds. The van der Waals surface area contributed by atoms with Gasteiger partial charge in [-0.2, -0.15) is 0 Å². The van der Waals surface area contributed by atoms with Gasteiger partial charge in [-0.3, -0.25) is 9.69 Å². The van der Waals surface area contributed by atoms with Gasteiger partial charge in [0.15, 0.2) is 0 Å². The molecule has 7 heteroatoms. The number of aryl methyl sites for hydroxylation is 2. The van der Waals surface area contributed by atoms with E-state index in [2.05, 4.69) is 45.5 Å². The van der Waals surface area contributed by atoms with Crippen LogP contribution in [0.25, 0.3) is 10.2 Å². The third-order valence-electron chi connectivity index (χ3n) is 4.43. The lowest BCUT2D eigenvalue weighted by Gasteiger charge is -2.35. The normalized spacial score (nSPS) is 15.7. The SMILES string of the molecule is C=CCNC(=O)CN1CCN(c2ncnc3sc(C)c(C)c23)CC1. The minimum atomic E-state index is 0.0529. The first-order valence-electron chi connectivity index (χ1n) is 8.15. The molecule has 0 radical (unpaired) electrons. The molecule has 0 unspecified atom stereocenters. The van der Waals surface area contributed by atoms with Crippen LogP contribution in [0.1, 0.15) is 10.4 Å². The minimum absolute atomic E-state index is 0.0529. The predicted molar refractivity (Wildman–Crippen MR) is 98.7 cm³/mol. The van der Waals surface area contributed by atoms with E-state index in [9.17, 15) is 4.79 Å².